The zero-order valence-electron chi connectivity index (χ0n) is 11.7. The lowest BCUT2D eigenvalue weighted by Crippen LogP contribution is -2.30. The van der Waals surface area contributed by atoms with Gasteiger partial charge in [0, 0.05) is 13.6 Å². The highest BCUT2D eigenvalue weighted by Crippen LogP contribution is 2.09. The predicted octanol–water partition coefficient (Wildman–Crippen LogP) is 0.737. The van der Waals surface area contributed by atoms with Crippen LogP contribution in [-0.2, 0) is 24.5 Å². The van der Waals surface area contributed by atoms with Gasteiger partial charge in [-0.3, -0.25) is 4.79 Å². The molecule has 0 saturated heterocycles. The minimum absolute atomic E-state index is 0.0531. The number of nitrogens with zero attached hydrogens (tertiary/aromatic N) is 4. The van der Waals surface area contributed by atoms with Crippen LogP contribution < -0.4 is 0 Å². The zero-order valence-corrected chi connectivity index (χ0v) is 11.7. The molecule has 0 saturated carbocycles. The molecule has 1 N–H and O–H groups in total. The summed E-state index contributed by atoms with van der Waals surface area (Å²) < 4.78 is 1.43. The second kappa shape index (κ2) is 6.29. The number of aliphatic hydroxyl groups excluding tert-OH is 1. The van der Waals surface area contributed by atoms with Gasteiger partial charge in [-0.1, -0.05) is 29.5 Å². The molecule has 0 radical (unpaired) electrons. The molecule has 20 heavy (non-hydrogen) atoms. The summed E-state index contributed by atoms with van der Waals surface area (Å²) in [6, 6.07) is 7.98. The number of benzene rings is 1. The molecular weight excluding hydrogens is 256 g/mol. The van der Waals surface area contributed by atoms with Gasteiger partial charge in [0.2, 0.25) is 5.91 Å². The van der Waals surface area contributed by atoms with E-state index < -0.39 is 0 Å². The first-order chi connectivity index (χ1) is 9.60. The Labute approximate surface area is 117 Å². The Bertz CT molecular complexity index is 594. The number of carbonyl (C=O) groups excluding carboxylic acids is 1. The number of hydrogen-bond acceptors (Lipinski definition) is 4. The maximum atomic E-state index is 12.1. The molecule has 0 bridgehead atoms. The van der Waals surface area contributed by atoms with Gasteiger partial charge in [0.1, 0.15) is 12.2 Å². The van der Waals surface area contributed by atoms with Crippen LogP contribution in [0.4, 0.5) is 0 Å². The molecule has 1 heterocycles. The van der Waals surface area contributed by atoms with Crippen LogP contribution in [-0.4, -0.2) is 38.0 Å². The molecule has 6 nitrogen and oxygen atoms in total. The number of hydrogen-bond donors (Lipinski definition) is 1. The van der Waals surface area contributed by atoms with E-state index in [1.807, 2.05) is 31.2 Å². The standard InChI is InChI=1S/C14H18N4O2/c1-11-5-3-4-6-12(11)7-17(2)14(20)9-18-8-13(10-19)15-16-18/h3-6,8,19H,7,9-10H2,1-2H3. The third kappa shape index (κ3) is 3.42. The molecule has 0 aliphatic rings. The molecule has 106 valence electrons. The van der Waals surface area contributed by atoms with Crippen molar-refractivity contribution in [3.05, 3.63) is 47.3 Å². The monoisotopic (exact) mass is 274 g/mol. The van der Waals surface area contributed by atoms with E-state index in [0.29, 0.717) is 12.2 Å². The van der Waals surface area contributed by atoms with E-state index in [1.54, 1.807) is 18.1 Å². The normalized spacial score (nSPS) is 10.6. The molecule has 0 spiro atoms. The Morgan fingerprint density at radius 3 is 2.80 bits per heavy atom. The highest BCUT2D eigenvalue weighted by atomic mass is 16.3. The van der Waals surface area contributed by atoms with Gasteiger partial charge in [-0.2, -0.15) is 0 Å². The van der Waals surface area contributed by atoms with Gasteiger partial charge in [0.25, 0.3) is 0 Å². The number of likely N-dealkylation sites (N-methyl/N-ethyl adjacent to an activating group) is 1. The van der Waals surface area contributed by atoms with Gasteiger partial charge in [-0.15, -0.1) is 5.10 Å². The van der Waals surface area contributed by atoms with E-state index >= 15 is 0 Å². The van der Waals surface area contributed by atoms with Crippen molar-refractivity contribution in [2.45, 2.75) is 26.6 Å². The highest BCUT2D eigenvalue weighted by Gasteiger charge is 2.12. The summed E-state index contributed by atoms with van der Waals surface area (Å²) in [4.78, 5) is 13.8. The SMILES string of the molecule is Cc1ccccc1CN(C)C(=O)Cn1cc(CO)nn1. The summed E-state index contributed by atoms with van der Waals surface area (Å²) in [5.74, 6) is -0.0531. The van der Waals surface area contributed by atoms with E-state index in [1.165, 1.54) is 4.68 Å². The molecule has 2 aromatic rings. The first kappa shape index (κ1) is 14.2. The molecule has 0 atom stereocenters. The van der Waals surface area contributed by atoms with E-state index in [0.717, 1.165) is 11.1 Å². The number of aromatic nitrogens is 3. The molecule has 1 amide bonds. The van der Waals surface area contributed by atoms with Crippen LogP contribution in [0.2, 0.25) is 0 Å². The van der Waals surface area contributed by atoms with Crippen molar-refractivity contribution in [3.8, 4) is 0 Å². The third-order valence-corrected chi connectivity index (χ3v) is 3.14. The molecule has 0 aliphatic heterocycles. The topological polar surface area (TPSA) is 71.2 Å². The largest absolute Gasteiger partial charge is 0.390 e. The molecule has 0 unspecified atom stereocenters. The van der Waals surface area contributed by atoms with Gasteiger partial charge in [0.15, 0.2) is 0 Å². The minimum atomic E-state index is -0.173. The van der Waals surface area contributed by atoms with Crippen molar-refractivity contribution in [2.75, 3.05) is 7.05 Å². The minimum Gasteiger partial charge on any atom is -0.390 e. The second-order valence-electron chi connectivity index (χ2n) is 4.74. The van der Waals surface area contributed by atoms with Crippen LogP contribution in [0.1, 0.15) is 16.8 Å². The molecule has 6 heteroatoms. The van der Waals surface area contributed by atoms with Crippen molar-refractivity contribution >= 4 is 5.91 Å². The summed E-state index contributed by atoms with van der Waals surface area (Å²) in [6.07, 6.45) is 1.57. The van der Waals surface area contributed by atoms with Crippen LogP contribution in [0.3, 0.4) is 0 Å². The van der Waals surface area contributed by atoms with Crippen LogP contribution in [0.15, 0.2) is 30.5 Å². The fourth-order valence-corrected chi connectivity index (χ4v) is 1.88. The molecular formula is C14H18N4O2. The molecule has 0 aliphatic carbocycles. The number of rotatable bonds is 5. The van der Waals surface area contributed by atoms with E-state index in [2.05, 4.69) is 10.3 Å². The van der Waals surface area contributed by atoms with Gasteiger partial charge >= 0.3 is 0 Å². The van der Waals surface area contributed by atoms with Gasteiger partial charge < -0.3 is 10.0 Å². The van der Waals surface area contributed by atoms with Crippen molar-refractivity contribution in [2.24, 2.45) is 0 Å². The number of amides is 1. The number of aryl methyl sites for hydroxylation is 1. The summed E-state index contributed by atoms with van der Waals surface area (Å²) >= 11 is 0. The average Bonchev–Trinajstić information content (AvgIpc) is 2.89. The Morgan fingerprint density at radius 2 is 2.15 bits per heavy atom. The Balaban J connectivity index is 1.97. The smallest absolute Gasteiger partial charge is 0.244 e. The van der Waals surface area contributed by atoms with Crippen molar-refractivity contribution in [1.29, 1.82) is 0 Å². The maximum Gasteiger partial charge on any atom is 0.244 e. The molecule has 2 rings (SSSR count). The fourth-order valence-electron chi connectivity index (χ4n) is 1.88. The lowest BCUT2D eigenvalue weighted by atomic mass is 10.1. The number of carbonyl (C=O) groups is 1. The predicted molar refractivity (Wildman–Crippen MR) is 73.6 cm³/mol. The van der Waals surface area contributed by atoms with Crippen molar-refractivity contribution in [3.63, 3.8) is 0 Å². The Hall–Kier alpha value is -2.21. The first-order valence-electron chi connectivity index (χ1n) is 6.38. The summed E-state index contributed by atoms with van der Waals surface area (Å²) in [6.45, 7) is 2.54. The summed E-state index contributed by atoms with van der Waals surface area (Å²) in [5, 5.41) is 16.4. The highest BCUT2D eigenvalue weighted by molar-refractivity contribution is 5.75. The molecule has 1 aromatic carbocycles. The number of aliphatic hydroxyl groups is 1. The first-order valence-corrected chi connectivity index (χ1v) is 6.38. The van der Waals surface area contributed by atoms with Crippen molar-refractivity contribution < 1.29 is 9.90 Å². The zero-order chi connectivity index (χ0) is 14.5. The Kier molecular flexibility index (Phi) is 4.47. The van der Waals surface area contributed by atoms with E-state index in [4.69, 9.17) is 5.11 Å². The summed E-state index contributed by atoms with van der Waals surface area (Å²) in [7, 11) is 1.76. The van der Waals surface area contributed by atoms with Gasteiger partial charge in [-0.25, -0.2) is 4.68 Å². The lowest BCUT2D eigenvalue weighted by molar-refractivity contribution is -0.131. The molecule has 1 aromatic heterocycles. The van der Waals surface area contributed by atoms with Gasteiger partial charge in [0.05, 0.1) is 12.8 Å². The van der Waals surface area contributed by atoms with Crippen LogP contribution in [0.25, 0.3) is 0 Å². The van der Waals surface area contributed by atoms with E-state index in [9.17, 15) is 4.79 Å². The third-order valence-electron chi connectivity index (χ3n) is 3.14. The maximum absolute atomic E-state index is 12.1. The Morgan fingerprint density at radius 1 is 1.40 bits per heavy atom. The van der Waals surface area contributed by atoms with Crippen LogP contribution in [0, 0.1) is 6.92 Å². The summed E-state index contributed by atoms with van der Waals surface area (Å²) in [5.41, 5.74) is 2.74. The van der Waals surface area contributed by atoms with E-state index in [-0.39, 0.29) is 19.1 Å². The second-order valence-corrected chi connectivity index (χ2v) is 4.74. The quantitative estimate of drug-likeness (QED) is 0.873. The fraction of sp³-hybridized carbons (Fsp3) is 0.357. The lowest BCUT2D eigenvalue weighted by Gasteiger charge is -2.18. The van der Waals surface area contributed by atoms with Crippen LogP contribution >= 0.6 is 0 Å². The van der Waals surface area contributed by atoms with Gasteiger partial charge in [-0.05, 0) is 18.1 Å². The van der Waals surface area contributed by atoms with Crippen LogP contribution in [0.5, 0.6) is 0 Å². The molecule has 0 fully saturated rings. The average molecular weight is 274 g/mol. The van der Waals surface area contributed by atoms with Crippen molar-refractivity contribution in [1.82, 2.24) is 19.9 Å².